The van der Waals surface area contributed by atoms with Gasteiger partial charge in [0.05, 0.1) is 4.88 Å². The summed E-state index contributed by atoms with van der Waals surface area (Å²) in [6.45, 7) is 1.93. The number of carbonyl (C=O) groups is 1. The summed E-state index contributed by atoms with van der Waals surface area (Å²) >= 11 is 7.27. The average molecular weight is 266 g/mol. The number of alkyl halides is 1. The molecule has 0 radical (unpaired) electrons. The van der Waals surface area contributed by atoms with Crippen molar-refractivity contribution in [2.24, 2.45) is 0 Å². The third-order valence-corrected chi connectivity index (χ3v) is 3.78. The van der Waals surface area contributed by atoms with E-state index in [4.69, 9.17) is 11.6 Å². The first kappa shape index (κ1) is 12.1. The number of aryl methyl sites for hydroxylation is 1. The van der Waals surface area contributed by atoms with Crippen molar-refractivity contribution in [3.8, 4) is 0 Å². The van der Waals surface area contributed by atoms with Gasteiger partial charge < -0.3 is 5.32 Å². The molecule has 0 fully saturated rings. The lowest BCUT2D eigenvalue weighted by molar-refractivity contribution is 0.103. The SMILES string of the molecule is Cc1ccsc1C(=O)Nc1ccccc1CCl. The highest BCUT2D eigenvalue weighted by Gasteiger charge is 2.11. The van der Waals surface area contributed by atoms with E-state index in [9.17, 15) is 4.79 Å². The first-order chi connectivity index (χ1) is 8.22. The Labute approximate surface area is 109 Å². The third-order valence-electron chi connectivity index (χ3n) is 2.48. The Kier molecular flexibility index (Phi) is 3.82. The molecule has 1 N–H and O–H groups in total. The van der Waals surface area contributed by atoms with Crippen molar-refractivity contribution in [2.75, 3.05) is 5.32 Å². The predicted octanol–water partition coefficient (Wildman–Crippen LogP) is 4.05. The van der Waals surface area contributed by atoms with Crippen LogP contribution in [0, 0.1) is 6.92 Å². The zero-order valence-corrected chi connectivity index (χ0v) is 10.9. The number of benzene rings is 1. The molecule has 0 aliphatic heterocycles. The van der Waals surface area contributed by atoms with Crippen LogP contribution in [-0.4, -0.2) is 5.91 Å². The molecule has 0 unspecified atom stereocenters. The molecule has 88 valence electrons. The van der Waals surface area contributed by atoms with Gasteiger partial charge in [-0.3, -0.25) is 4.79 Å². The van der Waals surface area contributed by atoms with Crippen molar-refractivity contribution in [1.29, 1.82) is 0 Å². The fraction of sp³-hybridized carbons (Fsp3) is 0.154. The number of para-hydroxylation sites is 1. The van der Waals surface area contributed by atoms with E-state index in [1.165, 1.54) is 11.3 Å². The van der Waals surface area contributed by atoms with Crippen molar-refractivity contribution in [2.45, 2.75) is 12.8 Å². The highest BCUT2D eigenvalue weighted by molar-refractivity contribution is 7.12. The van der Waals surface area contributed by atoms with Crippen molar-refractivity contribution in [3.63, 3.8) is 0 Å². The van der Waals surface area contributed by atoms with Gasteiger partial charge in [-0.25, -0.2) is 0 Å². The van der Waals surface area contributed by atoms with Gasteiger partial charge in [0.25, 0.3) is 5.91 Å². The molecular formula is C13H12ClNOS. The average Bonchev–Trinajstić information content (AvgIpc) is 2.76. The van der Waals surface area contributed by atoms with E-state index in [2.05, 4.69) is 5.32 Å². The first-order valence-electron chi connectivity index (χ1n) is 5.21. The minimum Gasteiger partial charge on any atom is -0.321 e. The summed E-state index contributed by atoms with van der Waals surface area (Å²) in [6.07, 6.45) is 0. The van der Waals surface area contributed by atoms with Crippen LogP contribution in [0.5, 0.6) is 0 Å². The molecule has 0 atom stereocenters. The molecule has 2 rings (SSSR count). The standard InChI is InChI=1S/C13H12ClNOS/c1-9-6-7-17-12(9)13(16)15-11-5-3-2-4-10(11)8-14/h2-7H,8H2,1H3,(H,15,16). The summed E-state index contributed by atoms with van der Waals surface area (Å²) in [4.78, 5) is 12.8. The van der Waals surface area contributed by atoms with Crippen LogP contribution in [-0.2, 0) is 5.88 Å². The Bertz CT molecular complexity index is 536. The Morgan fingerprint density at radius 3 is 2.76 bits per heavy atom. The van der Waals surface area contributed by atoms with Crippen LogP contribution < -0.4 is 5.32 Å². The minimum atomic E-state index is -0.0740. The summed E-state index contributed by atoms with van der Waals surface area (Å²) in [5, 5.41) is 4.81. The van der Waals surface area contributed by atoms with Gasteiger partial charge in [-0.1, -0.05) is 18.2 Å². The van der Waals surface area contributed by atoms with Crippen molar-refractivity contribution >= 4 is 34.5 Å². The number of anilines is 1. The van der Waals surface area contributed by atoms with Gasteiger partial charge in [0.2, 0.25) is 0 Å². The van der Waals surface area contributed by atoms with Crippen LogP contribution in [0.3, 0.4) is 0 Å². The molecular weight excluding hydrogens is 254 g/mol. The van der Waals surface area contributed by atoms with Gasteiger partial charge in [0.15, 0.2) is 0 Å². The van der Waals surface area contributed by atoms with E-state index >= 15 is 0 Å². The molecule has 1 heterocycles. The lowest BCUT2D eigenvalue weighted by atomic mass is 10.2. The molecule has 2 nitrogen and oxygen atoms in total. The molecule has 1 aromatic heterocycles. The Morgan fingerprint density at radius 2 is 2.12 bits per heavy atom. The molecule has 0 bridgehead atoms. The van der Waals surface area contributed by atoms with Crippen LogP contribution in [0.2, 0.25) is 0 Å². The zero-order valence-electron chi connectivity index (χ0n) is 9.37. The van der Waals surface area contributed by atoms with E-state index in [-0.39, 0.29) is 5.91 Å². The molecule has 4 heteroatoms. The van der Waals surface area contributed by atoms with Gasteiger partial charge >= 0.3 is 0 Å². The molecule has 0 saturated carbocycles. The fourth-order valence-electron chi connectivity index (χ4n) is 1.54. The highest BCUT2D eigenvalue weighted by Crippen LogP contribution is 2.21. The lowest BCUT2D eigenvalue weighted by Gasteiger charge is -2.08. The number of carbonyl (C=O) groups excluding carboxylic acids is 1. The Balaban J connectivity index is 2.22. The quantitative estimate of drug-likeness (QED) is 0.834. The van der Waals surface area contributed by atoms with Crippen molar-refractivity contribution in [3.05, 3.63) is 51.7 Å². The molecule has 0 aliphatic carbocycles. The van der Waals surface area contributed by atoms with Crippen LogP contribution >= 0.6 is 22.9 Å². The number of rotatable bonds is 3. The number of halogens is 1. The van der Waals surface area contributed by atoms with Gasteiger partial charge in [0, 0.05) is 11.6 Å². The summed E-state index contributed by atoms with van der Waals surface area (Å²) in [5.41, 5.74) is 2.70. The normalized spacial score (nSPS) is 10.2. The van der Waals surface area contributed by atoms with Gasteiger partial charge in [-0.15, -0.1) is 22.9 Å². The van der Waals surface area contributed by atoms with Gasteiger partial charge in [0.1, 0.15) is 0 Å². The molecule has 0 spiro atoms. The van der Waals surface area contributed by atoms with E-state index in [1.54, 1.807) is 0 Å². The van der Waals surface area contributed by atoms with Crippen molar-refractivity contribution < 1.29 is 4.79 Å². The van der Waals surface area contributed by atoms with E-state index < -0.39 is 0 Å². The first-order valence-corrected chi connectivity index (χ1v) is 6.63. The molecule has 1 amide bonds. The molecule has 2 aromatic rings. The summed E-state index contributed by atoms with van der Waals surface area (Å²) in [7, 11) is 0. The molecule has 17 heavy (non-hydrogen) atoms. The van der Waals surface area contributed by atoms with Crippen LogP contribution in [0.25, 0.3) is 0 Å². The monoisotopic (exact) mass is 265 g/mol. The van der Waals surface area contributed by atoms with E-state index in [0.29, 0.717) is 5.88 Å². The minimum absolute atomic E-state index is 0.0740. The highest BCUT2D eigenvalue weighted by atomic mass is 35.5. The van der Waals surface area contributed by atoms with E-state index in [1.807, 2.05) is 42.6 Å². The summed E-state index contributed by atoms with van der Waals surface area (Å²) < 4.78 is 0. The van der Waals surface area contributed by atoms with Crippen molar-refractivity contribution in [1.82, 2.24) is 0 Å². The number of amides is 1. The number of hydrogen-bond acceptors (Lipinski definition) is 2. The number of nitrogens with one attached hydrogen (secondary N) is 1. The topological polar surface area (TPSA) is 29.1 Å². The fourth-order valence-corrected chi connectivity index (χ4v) is 2.60. The summed E-state index contributed by atoms with van der Waals surface area (Å²) in [6, 6.07) is 9.49. The van der Waals surface area contributed by atoms with Gasteiger partial charge in [-0.05, 0) is 35.6 Å². The maximum Gasteiger partial charge on any atom is 0.266 e. The second-order valence-corrected chi connectivity index (χ2v) is 4.86. The number of hydrogen-bond donors (Lipinski definition) is 1. The smallest absolute Gasteiger partial charge is 0.266 e. The Hall–Kier alpha value is -1.32. The largest absolute Gasteiger partial charge is 0.321 e. The van der Waals surface area contributed by atoms with Crippen LogP contribution in [0.1, 0.15) is 20.8 Å². The number of thiophene rings is 1. The Morgan fingerprint density at radius 1 is 1.35 bits per heavy atom. The lowest BCUT2D eigenvalue weighted by Crippen LogP contribution is -2.12. The van der Waals surface area contributed by atoms with Crippen LogP contribution in [0.15, 0.2) is 35.7 Å². The third kappa shape index (κ3) is 2.68. The van der Waals surface area contributed by atoms with E-state index in [0.717, 1.165) is 21.7 Å². The summed E-state index contributed by atoms with van der Waals surface area (Å²) in [5.74, 6) is 0.315. The maximum atomic E-state index is 12.0. The predicted molar refractivity (Wildman–Crippen MR) is 73.0 cm³/mol. The second-order valence-electron chi connectivity index (χ2n) is 3.68. The zero-order chi connectivity index (χ0) is 12.3. The molecule has 0 saturated heterocycles. The van der Waals surface area contributed by atoms with Crippen LogP contribution in [0.4, 0.5) is 5.69 Å². The molecule has 0 aliphatic rings. The second kappa shape index (κ2) is 5.34. The maximum absolute atomic E-state index is 12.0. The van der Waals surface area contributed by atoms with Gasteiger partial charge in [-0.2, -0.15) is 0 Å². The molecule has 1 aromatic carbocycles.